The van der Waals surface area contributed by atoms with Crippen LogP contribution in [0.4, 0.5) is 5.69 Å². The zero-order valence-electron chi connectivity index (χ0n) is 10.2. The topological polar surface area (TPSA) is 28.2 Å². The van der Waals surface area contributed by atoms with Crippen molar-refractivity contribution in [3.8, 4) is 0 Å². The predicted octanol–water partition coefficient (Wildman–Crippen LogP) is 1.97. The lowest BCUT2D eigenvalue weighted by molar-refractivity contribution is 0.431. The first kappa shape index (κ1) is 11.4. The van der Waals surface area contributed by atoms with Gasteiger partial charge >= 0.3 is 0 Å². The molecule has 1 atom stereocenters. The fraction of sp³-hybridized carbons (Fsp3) is 0.615. The maximum atomic E-state index is 4.23. The first-order chi connectivity index (χ1) is 7.81. The van der Waals surface area contributed by atoms with Crippen LogP contribution in [0.5, 0.6) is 0 Å². The number of nitrogens with zero attached hydrogens (tertiary/aromatic N) is 2. The normalized spacial score (nSPS) is 21.1. The van der Waals surface area contributed by atoms with E-state index in [-0.39, 0.29) is 0 Å². The van der Waals surface area contributed by atoms with Crippen molar-refractivity contribution in [1.29, 1.82) is 0 Å². The number of rotatable bonds is 3. The Labute approximate surface area is 97.9 Å². The van der Waals surface area contributed by atoms with E-state index in [1.54, 1.807) is 0 Å². The second kappa shape index (κ2) is 5.30. The highest BCUT2D eigenvalue weighted by Crippen LogP contribution is 2.22. The first-order valence-corrected chi connectivity index (χ1v) is 6.20. The van der Waals surface area contributed by atoms with Crippen molar-refractivity contribution in [3.63, 3.8) is 0 Å². The Kier molecular flexibility index (Phi) is 3.78. The molecule has 0 amide bonds. The molecular formula is C13H21N3. The molecule has 16 heavy (non-hydrogen) atoms. The molecular weight excluding hydrogens is 198 g/mol. The van der Waals surface area contributed by atoms with Gasteiger partial charge in [0.05, 0.1) is 11.9 Å². The van der Waals surface area contributed by atoms with E-state index < -0.39 is 0 Å². The van der Waals surface area contributed by atoms with Crippen LogP contribution in [0.2, 0.25) is 0 Å². The molecule has 1 aliphatic heterocycles. The molecule has 0 radical (unpaired) electrons. The zero-order chi connectivity index (χ0) is 11.4. The second-order valence-electron chi connectivity index (χ2n) is 4.51. The van der Waals surface area contributed by atoms with Gasteiger partial charge in [-0.2, -0.15) is 0 Å². The maximum absolute atomic E-state index is 4.23. The van der Waals surface area contributed by atoms with Crippen molar-refractivity contribution in [2.24, 2.45) is 0 Å². The summed E-state index contributed by atoms with van der Waals surface area (Å²) < 4.78 is 0. The van der Waals surface area contributed by atoms with Crippen LogP contribution in [0.15, 0.2) is 18.5 Å². The molecule has 1 fully saturated rings. The van der Waals surface area contributed by atoms with E-state index in [2.05, 4.69) is 35.1 Å². The van der Waals surface area contributed by atoms with E-state index in [0.29, 0.717) is 6.04 Å². The van der Waals surface area contributed by atoms with E-state index in [0.717, 1.165) is 19.6 Å². The Morgan fingerprint density at radius 2 is 2.44 bits per heavy atom. The monoisotopic (exact) mass is 219 g/mol. The lowest BCUT2D eigenvalue weighted by atomic mass is 10.0. The van der Waals surface area contributed by atoms with Crippen LogP contribution in [0, 0.1) is 6.92 Å². The minimum absolute atomic E-state index is 0.637. The largest absolute Gasteiger partial charge is 0.369 e. The summed E-state index contributed by atoms with van der Waals surface area (Å²) >= 11 is 0. The highest BCUT2D eigenvalue weighted by atomic mass is 15.2. The minimum atomic E-state index is 0.637. The lowest BCUT2D eigenvalue weighted by Crippen LogP contribution is -2.45. The van der Waals surface area contributed by atoms with Gasteiger partial charge in [0.15, 0.2) is 0 Å². The smallest absolute Gasteiger partial charge is 0.0582 e. The van der Waals surface area contributed by atoms with Crippen LogP contribution in [0.1, 0.15) is 25.3 Å². The van der Waals surface area contributed by atoms with Gasteiger partial charge < -0.3 is 10.2 Å². The molecule has 1 N–H and O–H groups in total. The van der Waals surface area contributed by atoms with Crippen molar-refractivity contribution in [1.82, 2.24) is 10.3 Å². The van der Waals surface area contributed by atoms with Crippen molar-refractivity contribution >= 4 is 5.69 Å². The Bertz CT molecular complexity index is 336. The molecule has 0 aromatic carbocycles. The number of nitrogens with one attached hydrogen (secondary N) is 1. The fourth-order valence-electron chi connectivity index (χ4n) is 2.44. The Morgan fingerprint density at radius 3 is 3.19 bits per heavy atom. The molecule has 2 rings (SSSR count). The first-order valence-electron chi connectivity index (χ1n) is 6.20. The van der Waals surface area contributed by atoms with Crippen LogP contribution in [-0.4, -0.2) is 30.7 Å². The summed E-state index contributed by atoms with van der Waals surface area (Å²) in [7, 11) is 0. The van der Waals surface area contributed by atoms with E-state index in [1.165, 1.54) is 24.1 Å². The maximum Gasteiger partial charge on any atom is 0.0582 e. The van der Waals surface area contributed by atoms with Crippen LogP contribution >= 0.6 is 0 Å². The van der Waals surface area contributed by atoms with Gasteiger partial charge in [-0.1, -0.05) is 6.92 Å². The molecule has 1 unspecified atom stereocenters. The standard InChI is InChI=1S/C13H21N3/c1-3-15-12-5-4-8-16(10-12)13-9-14-7-6-11(13)2/h6-7,9,12,15H,3-5,8,10H2,1-2H3. The fourth-order valence-corrected chi connectivity index (χ4v) is 2.44. The molecule has 3 heteroatoms. The molecule has 0 spiro atoms. The number of likely N-dealkylation sites (N-methyl/N-ethyl adjacent to an activating group) is 1. The van der Waals surface area contributed by atoms with Crippen LogP contribution < -0.4 is 10.2 Å². The number of pyridine rings is 1. The van der Waals surface area contributed by atoms with Gasteiger partial charge in [-0.3, -0.25) is 4.98 Å². The quantitative estimate of drug-likeness (QED) is 0.842. The van der Waals surface area contributed by atoms with Gasteiger partial charge in [0.25, 0.3) is 0 Å². The van der Waals surface area contributed by atoms with E-state index in [9.17, 15) is 0 Å². The molecule has 0 bridgehead atoms. The van der Waals surface area contributed by atoms with Crippen molar-refractivity contribution in [2.75, 3.05) is 24.5 Å². The Hall–Kier alpha value is -1.09. The third-order valence-electron chi connectivity index (χ3n) is 3.27. The second-order valence-corrected chi connectivity index (χ2v) is 4.51. The van der Waals surface area contributed by atoms with E-state index in [1.807, 2.05) is 12.4 Å². The molecule has 1 aromatic heterocycles. The van der Waals surface area contributed by atoms with Gasteiger partial charge in [0.2, 0.25) is 0 Å². The zero-order valence-corrected chi connectivity index (χ0v) is 10.2. The molecule has 0 saturated carbocycles. The summed E-state index contributed by atoms with van der Waals surface area (Å²) in [5.41, 5.74) is 2.62. The average Bonchev–Trinajstić information content (AvgIpc) is 2.30. The summed E-state index contributed by atoms with van der Waals surface area (Å²) in [5, 5.41) is 3.54. The number of hydrogen-bond donors (Lipinski definition) is 1. The average molecular weight is 219 g/mol. The number of piperidine rings is 1. The molecule has 1 aromatic rings. The summed E-state index contributed by atoms with van der Waals surface area (Å²) in [5.74, 6) is 0. The number of aromatic nitrogens is 1. The highest BCUT2D eigenvalue weighted by molar-refractivity contribution is 5.51. The molecule has 88 valence electrons. The third kappa shape index (κ3) is 2.53. The van der Waals surface area contributed by atoms with E-state index >= 15 is 0 Å². The Balaban J connectivity index is 2.07. The summed E-state index contributed by atoms with van der Waals surface area (Å²) in [6.45, 7) is 7.67. The van der Waals surface area contributed by atoms with Crippen molar-refractivity contribution in [3.05, 3.63) is 24.0 Å². The molecule has 2 heterocycles. The Morgan fingerprint density at radius 1 is 1.56 bits per heavy atom. The van der Waals surface area contributed by atoms with Gasteiger partial charge in [-0.05, 0) is 37.9 Å². The number of hydrogen-bond acceptors (Lipinski definition) is 3. The summed E-state index contributed by atoms with van der Waals surface area (Å²) in [6.07, 6.45) is 6.42. The van der Waals surface area contributed by atoms with E-state index in [4.69, 9.17) is 0 Å². The van der Waals surface area contributed by atoms with Gasteiger partial charge in [-0.15, -0.1) is 0 Å². The van der Waals surface area contributed by atoms with Gasteiger partial charge in [-0.25, -0.2) is 0 Å². The highest BCUT2D eigenvalue weighted by Gasteiger charge is 2.20. The van der Waals surface area contributed by atoms with Crippen LogP contribution in [0.3, 0.4) is 0 Å². The van der Waals surface area contributed by atoms with Crippen LogP contribution in [-0.2, 0) is 0 Å². The minimum Gasteiger partial charge on any atom is -0.369 e. The predicted molar refractivity (Wildman–Crippen MR) is 67.9 cm³/mol. The third-order valence-corrected chi connectivity index (χ3v) is 3.27. The summed E-state index contributed by atoms with van der Waals surface area (Å²) in [6, 6.07) is 2.73. The number of anilines is 1. The van der Waals surface area contributed by atoms with Gasteiger partial charge in [0.1, 0.15) is 0 Å². The number of aryl methyl sites for hydroxylation is 1. The van der Waals surface area contributed by atoms with Crippen molar-refractivity contribution < 1.29 is 0 Å². The summed E-state index contributed by atoms with van der Waals surface area (Å²) in [4.78, 5) is 6.69. The SMILES string of the molecule is CCNC1CCCN(c2cnccc2C)C1. The van der Waals surface area contributed by atoms with Crippen molar-refractivity contribution in [2.45, 2.75) is 32.7 Å². The molecule has 3 nitrogen and oxygen atoms in total. The lowest BCUT2D eigenvalue weighted by Gasteiger charge is -2.35. The molecule has 1 saturated heterocycles. The van der Waals surface area contributed by atoms with Crippen LogP contribution in [0.25, 0.3) is 0 Å². The van der Waals surface area contributed by atoms with Gasteiger partial charge in [0, 0.05) is 25.3 Å². The molecule has 0 aliphatic carbocycles. The molecule has 1 aliphatic rings.